The van der Waals surface area contributed by atoms with Crippen molar-refractivity contribution in [1.29, 1.82) is 0 Å². The van der Waals surface area contributed by atoms with Crippen LogP contribution in [-0.2, 0) is 17.0 Å². The molecule has 0 bridgehead atoms. The second-order valence-corrected chi connectivity index (χ2v) is 9.32. The van der Waals surface area contributed by atoms with E-state index in [1.807, 2.05) is 36.0 Å². The predicted molar refractivity (Wildman–Crippen MR) is 133 cm³/mol. The number of rotatable bonds is 7. The number of amides is 1. The lowest BCUT2D eigenvalue weighted by Gasteiger charge is -2.20. The normalized spacial score (nSPS) is 11.0. The number of hydrogen-bond donors (Lipinski definition) is 0. The summed E-state index contributed by atoms with van der Waals surface area (Å²) < 4.78 is 2.12. The number of carbonyl (C=O) groups excluding carboxylic acids is 1. The summed E-state index contributed by atoms with van der Waals surface area (Å²) in [7, 11) is 0. The highest BCUT2D eigenvalue weighted by Crippen LogP contribution is 2.33. The number of thioether (sulfide) groups is 1. The minimum absolute atomic E-state index is 0.0371. The number of nitrogens with zero attached hydrogens (tertiary/aromatic N) is 4. The molecule has 0 aliphatic heterocycles. The molecule has 5 nitrogen and oxygen atoms in total. The average molecular weight is 463 g/mol. The van der Waals surface area contributed by atoms with Gasteiger partial charge in [-0.2, -0.15) is 0 Å². The van der Waals surface area contributed by atoms with Crippen molar-refractivity contribution in [3.63, 3.8) is 0 Å². The first kappa shape index (κ1) is 22.3. The van der Waals surface area contributed by atoms with Gasteiger partial charge in [-0.25, -0.2) is 9.97 Å². The molecule has 0 atom stereocenters. The van der Waals surface area contributed by atoms with Gasteiger partial charge in [-0.3, -0.25) is 14.3 Å². The van der Waals surface area contributed by atoms with E-state index in [-0.39, 0.29) is 5.91 Å². The van der Waals surface area contributed by atoms with Crippen molar-refractivity contribution in [2.75, 3.05) is 4.90 Å². The molecule has 0 fully saturated rings. The summed E-state index contributed by atoms with van der Waals surface area (Å²) in [6, 6.07) is 14.3. The summed E-state index contributed by atoms with van der Waals surface area (Å²) in [6.07, 6.45) is 4.68. The first-order chi connectivity index (χ1) is 15.5. The molecule has 0 unspecified atom stereocenters. The van der Waals surface area contributed by atoms with Crippen LogP contribution in [0.15, 0.2) is 65.4 Å². The van der Waals surface area contributed by atoms with Crippen molar-refractivity contribution < 1.29 is 4.79 Å². The molecule has 1 amide bonds. The molecule has 2 aromatic heterocycles. The number of benzene rings is 2. The number of carbonyl (C=O) groups is 1. The lowest BCUT2D eigenvalue weighted by atomic mass is 10.1. The predicted octanol–water partition coefficient (Wildman–Crippen LogP) is 6.48. The minimum atomic E-state index is -0.0371. The fourth-order valence-electron chi connectivity index (χ4n) is 3.62. The van der Waals surface area contributed by atoms with E-state index in [2.05, 4.69) is 54.6 Å². The fourth-order valence-corrected chi connectivity index (χ4v) is 5.46. The monoisotopic (exact) mass is 462 g/mol. The summed E-state index contributed by atoms with van der Waals surface area (Å²) >= 11 is 3.14. The molecule has 0 N–H and O–H groups in total. The van der Waals surface area contributed by atoms with Gasteiger partial charge < -0.3 is 0 Å². The molecule has 164 valence electrons. The van der Waals surface area contributed by atoms with Gasteiger partial charge in [-0.15, -0.1) is 11.3 Å². The Morgan fingerprint density at radius 3 is 2.75 bits per heavy atom. The molecule has 4 aromatic rings. The van der Waals surface area contributed by atoms with Gasteiger partial charge in [-0.1, -0.05) is 49.0 Å². The third-order valence-corrected chi connectivity index (χ3v) is 7.33. The number of aromatic nitrogens is 3. The van der Waals surface area contributed by atoms with Crippen LogP contribution in [-0.4, -0.2) is 20.4 Å². The van der Waals surface area contributed by atoms with Gasteiger partial charge >= 0.3 is 0 Å². The maximum atomic E-state index is 12.5. The Kier molecular flexibility index (Phi) is 6.77. The zero-order valence-electron chi connectivity index (χ0n) is 18.7. The Morgan fingerprint density at radius 2 is 1.97 bits per heavy atom. The summed E-state index contributed by atoms with van der Waals surface area (Å²) in [5.74, 6) is 0.643. The Bertz CT molecular complexity index is 1240. The highest BCUT2D eigenvalue weighted by atomic mass is 32.2. The SMILES string of the molecule is CCc1ccccc1N(C(C)=O)c1nc(CSc2nccn2-c2cccc(C)c2C)cs1. The van der Waals surface area contributed by atoms with E-state index in [0.29, 0.717) is 10.9 Å². The fraction of sp³-hybridized carbons (Fsp3) is 0.240. The maximum Gasteiger partial charge on any atom is 0.230 e. The Morgan fingerprint density at radius 1 is 1.16 bits per heavy atom. The van der Waals surface area contributed by atoms with Crippen LogP contribution in [0.5, 0.6) is 0 Å². The smallest absolute Gasteiger partial charge is 0.230 e. The molecule has 2 heterocycles. The number of anilines is 2. The first-order valence-electron chi connectivity index (χ1n) is 10.5. The molecule has 2 aromatic carbocycles. The van der Waals surface area contributed by atoms with Crippen LogP contribution in [0.3, 0.4) is 0 Å². The van der Waals surface area contributed by atoms with Crippen molar-refractivity contribution in [3.05, 3.63) is 82.6 Å². The Labute approximate surface area is 197 Å². The van der Waals surface area contributed by atoms with Crippen LogP contribution in [0.25, 0.3) is 5.69 Å². The second-order valence-electron chi connectivity index (χ2n) is 7.55. The summed E-state index contributed by atoms with van der Waals surface area (Å²) in [5, 5.41) is 3.65. The average Bonchev–Trinajstić information content (AvgIpc) is 3.44. The Hall–Kier alpha value is -2.90. The maximum absolute atomic E-state index is 12.5. The van der Waals surface area contributed by atoms with Crippen molar-refractivity contribution in [2.45, 2.75) is 45.0 Å². The highest BCUT2D eigenvalue weighted by Gasteiger charge is 2.20. The molecular weight excluding hydrogens is 436 g/mol. The molecular formula is C25H26N4OS2. The second kappa shape index (κ2) is 9.71. The molecule has 0 aliphatic rings. The topological polar surface area (TPSA) is 51.0 Å². The Balaban J connectivity index is 1.55. The zero-order chi connectivity index (χ0) is 22.7. The molecule has 0 saturated carbocycles. The van der Waals surface area contributed by atoms with Crippen LogP contribution >= 0.6 is 23.1 Å². The number of imidazole rings is 1. The van der Waals surface area contributed by atoms with Gasteiger partial charge in [0, 0.05) is 30.5 Å². The molecule has 0 saturated heterocycles. The first-order valence-corrected chi connectivity index (χ1v) is 12.4. The number of thiazole rings is 1. The quantitative estimate of drug-likeness (QED) is 0.295. The summed E-state index contributed by atoms with van der Waals surface area (Å²) in [6.45, 7) is 7.94. The number of aryl methyl sites for hydroxylation is 2. The molecule has 0 radical (unpaired) electrons. The standard InChI is InChI=1S/C25H26N4OS2/c1-5-20-10-6-7-11-23(20)29(19(4)30)25-27-21(16-32-25)15-31-24-26-13-14-28(24)22-12-8-9-17(2)18(22)3/h6-14,16H,5,15H2,1-4H3. The van der Waals surface area contributed by atoms with Gasteiger partial charge in [0.15, 0.2) is 10.3 Å². The van der Waals surface area contributed by atoms with Gasteiger partial charge in [0.25, 0.3) is 0 Å². The minimum Gasteiger partial charge on any atom is -0.295 e. The van der Waals surface area contributed by atoms with E-state index in [9.17, 15) is 4.79 Å². The van der Waals surface area contributed by atoms with Crippen molar-refractivity contribution in [2.24, 2.45) is 0 Å². The summed E-state index contributed by atoms with van der Waals surface area (Å²) in [4.78, 5) is 23.6. The molecule has 0 aliphatic carbocycles. The largest absolute Gasteiger partial charge is 0.295 e. The van der Waals surface area contributed by atoms with Crippen LogP contribution < -0.4 is 4.90 Å². The molecule has 32 heavy (non-hydrogen) atoms. The van der Waals surface area contributed by atoms with Gasteiger partial charge in [0.05, 0.1) is 17.1 Å². The number of hydrogen-bond acceptors (Lipinski definition) is 5. The van der Waals surface area contributed by atoms with Crippen LogP contribution in [0.4, 0.5) is 10.8 Å². The third-order valence-electron chi connectivity index (χ3n) is 5.45. The third kappa shape index (κ3) is 4.49. The van der Waals surface area contributed by atoms with E-state index in [1.54, 1.807) is 23.6 Å². The molecule has 4 rings (SSSR count). The van der Waals surface area contributed by atoms with Gasteiger partial charge in [0.1, 0.15) is 0 Å². The molecule has 0 spiro atoms. The van der Waals surface area contributed by atoms with Crippen LogP contribution in [0.2, 0.25) is 0 Å². The lowest BCUT2D eigenvalue weighted by Crippen LogP contribution is -2.23. The van der Waals surface area contributed by atoms with Crippen LogP contribution in [0, 0.1) is 13.8 Å². The van der Waals surface area contributed by atoms with E-state index in [0.717, 1.165) is 34.2 Å². The van der Waals surface area contributed by atoms with Gasteiger partial charge in [0.2, 0.25) is 5.91 Å². The van der Waals surface area contributed by atoms with E-state index < -0.39 is 0 Å². The summed E-state index contributed by atoms with van der Waals surface area (Å²) in [5.41, 5.74) is 6.61. The zero-order valence-corrected chi connectivity index (χ0v) is 20.3. The van der Waals surface area contributed by atoms with Crippen molar-refractivity contribution >= 4 is 39.8 Å². The van der Waals surface area contributed by atoms with Crippen molar-refractivity contribution in [3.8, 4) is 5.69 Å². The van der Waals surface area contributed by atoms with E-state index in [1.165, 1.54) is 22.5 Å². The number of para-hydroxylation sites is 1. The van der Waals surface area contributed by atoms with Crippen LogP contribution in [0.1, 0.15) is 36.2 Å². The van der Waals surface area contributed by atoms with Crippen molar-refractivity contribution in [1.82, 2.24) is 14.5 Å². The van der Waals surface area contributed by atoms with Gasteiger partial charge in [-0.05, 0) is 49.1 Å². The highest BCUT2D eigenvalue weighted by molar-refractivity contribution is 7.98. The lowest BCUT2D eigenvalue weighted by molar-refractivity contribution is -0.115. The molecule has 7 heteroatoms. The van der Waals surface area contributed by atoms with E-state index in [4.69, 9.17) is 4.98 Å². The van der Waals surface area contributed by atoms with E-state index >= 15 is 0 Å².